The quantitative estimate of drug-likeness (QED) is 0.181. The minimum Gasteiger partial charge on any atom is -0.456 e. The average molecular weight is 680 g/mol. The van der Waals surface area contributed by atoms with Crippen molar-refractivity contribution in [2.45, 2.75) is 12.3 Å². The van der Waals surface area contributed by atoms with E-state index in [1.165, 1.54) is 38.9 Å². The third kappa shape index (κ3) is 4.41. The van der Waals surface area contributed by atoms with Gasteiger partial charge in [-0.15, -0.1) is 0 Å². The molecule has 3 heteroatoms. The zero-order chi connectivity index (χ0) is 35.1. The summed E-state index contributed by atoms with van der Waals surface area (Å²) in [6.45, 7) is 2.35. The van der Waals surface area contributed by atoms with Gasteiger partial charge in [0.1, 0.15) is 22.3 Å². The maximum absolute atomic E-state index is 6.67. The number of anilines is 3. The van der Waals surface area contributed by atoms with Crippen molar-refractivity contribution in [1.29, 1.82) is 0 Å². The van der Waals surface area contributed by atoms with Gasteiger partial charge in [-0.05, 0) is 100 Å². The van der Waals surface area contributed by atoms with Crippen molar-refractivity contribution in [1.82, 2.24) is 0 Å². The van der Waals surface area contributed by atoms with Gasteiger partial charge in [0, 0.05) is 32.9 Å². The van der Waals surface area contributed by atoms with Gasteiger partial charge in [-0.25, -0.2) is 0 Å². The largest absolute Gasteiger partial charge is 0.456 e. The minimum atomic E-state index is -0.291. The summed E-state index contributed by atoms with van der Waals surface area (Å²) in [5.41, 5.74) is 15.2. The lowest BCUT2D eigenvalue weighted by atomic mass is 9.74. The van der Waals surface area contributed by atoms with Crippen LogP contribution in [0.2, 0.25) is 0 Å². The van der Waals surface area contributed by atoms with Gasteiger partial charge in [-0.1, -0.05) is 127 Å². The first-order valence-electron chi connectivity index (χ1n) is 18.2. The van der Waals surface area contributed by atoms with E-state index in [-0.39, 0.29) is 5.41 Å². The van der Waals surface area contributed by atoms with E-state index in [9.17, 15) is 0 Å². The van der Waals surface area contributed by atoms with Crippen LogP contribution in [0.5, 0.6) is 0 Å². The van der Waals surface area contributed by atoms with Crippen LogP contribution in [-0.2, 0) is 5.41 Å². The molecule has 10 aromatic rings. The van der Waals surface area contributed by atoms with E-state index in [2.05, 4.69) is 182 Å². The third-order valence-corrected chi connectivity index (χ3v) is 11.4. The van der Waals surface area contributed by atoms with Crippen molar-refractivity contribution in [3.05, 3.63) is 199 Å². The predicted octanol–water partition coefficient (Wildman–Crippen LogP) is 14.0. The van der Waals surface area contributed by atoms with E-state index in [4.69, 9.17) is 8.83 Å². The van der Waals surface area contributed by atoms with Crippen LogP contribution in [-0.4, -0.2) is 0 Å². The summed E-state index contributed by atoms with van der Waals surface area (Å²) in [6.07, 6.45) is 0. The summed E-state index contributed by atoms with van der Waals surface area (Å²) < 4.78 is 13.0. The van der Waals surface area contributed by atoms with Crippen molar-refractivity contribution in [3.63, 3.8) is 0 Å². The van der Waals surface area contributed by atoms with Gasteiger partial charge in [-0.3, -0.25) is 0 Å². The van der Waals surface area contributed by atoms with Gasteiger partial charge in [0.15, 0.2) is 0 Å². The number of rotatable bonds is 5. The van der Waals surface area contributed by atoms with Crippen LogP contribution >= 0.6 is 0 Å². The second-order valence-electron chi connectivity index (χ2n) is 14.2. The Morgan fingerprint density at radius 2 is 1.04 bits per heavy atom. The number of fused-ring (bicyclic) bond motifs is 9. The fraction of sp³-hybridized carbons (Fsp3) is 0.0400. The zero-order valence-corrected chi connectivity index (χ0v) is 29.1. The second kappa shape index (κ2) is 11.3. The van der Waals surface area contributed by atoms with E-state index < -0.39 is 0 Å². The molecular weight excluding hydrogens is 647 g/mol. The maximum Gasteiger partial charge on any atom is 0.137 e. The summed E-state index contributed by atoms with van der Waals surface area (Å²) in [4.78, 5) is 2.35. The van der Waals surface area contributed by atoms with E-state index >= 15 is 0 Å². The minimum absolute atomic E-state index is 0.291. The first-order valence-corrected chi connectivity index (χ1v) is 18.2. The Kier molecular flexibility index (Phi) is 6.38. The third-order valence-electron chi connectivity index (χ3n) is 11.4. The topological polar surface area (TPSA) is 29.5 Å². The predicted molar refractivity (Wildman–Crippen MR) is 219 cm³/mol. The molecule has 0 saturated carbocycles. The molecule has 0 atom stereocenters. The molecule has 1 aliphatic carbocycles. The molecule has 2 heterocycles. The molecule has 11 rings (SSSR count). The monoisotopic (exact) mass is 679 g/mol. The Hall–Kier alpha value is -6.84. The summed E-state index contributed by atoms with van der Waals surface area (Å²) in [5.74, 6) is 0. The lowest BCUT2D eigenvalue weighted by Crippen LogP contribution is -2.22. The van der Waals surface area contributed by atoms with Crippen molar-refractivity contribution in [2.75, 3.05) is 4.90 Å². The first kappa shape index (κ1) is 29.8. The Balaban J connectivity index is 1.09. The van der Waals surface area contributed by atoms with Gasteiger partial charge >= 0.3 is 0 Å². The average Bonchev–Trinajstić information content (AvgIpc) is 3.87. The highest BCUT2D eigenvalue weighted by Gasteiger charge is 2.40. The molecule has 0 aliphatic heterocycles. The van der Waals surface area contributed by atoms with Crippen molar-refractivity contribution in [2.24, 2.45) is 0 Å². The number of nitrogens with zero attached hydrogens (tertiary/aromatic N) is 1. The molecule has 0 saturated heterocycles. The molecule has 0 spiro atoms. The summed E-state index contributed by atoms with van der Waals surface area (Å²) in [7, 11) is 0. The first-order chi connectivity index (χ1) is 26.1. The van der Waals surface area contributed by atoms with Gasteiger partial charge in [0.25, 0.3) is 0 Å². The lowest BCUT2D eigenvalue weighted by molar-refractivity contribution is 0.662. The van der Waals surface area contributed by atoms with Crippen molar-refractivity contribution < 1.29 is 8.83 Å². The molecule has 8 aromatic carbocycles. The van der Waals surface area contributed by atoms with Gasteiger partial charge in [-0.2, -0.15) is 0 Å². The number of hydrogen-bond donors (Lipinski definition) is 0. The second-order valence-corrected chi connectivity index (χ2v) is 14.2. The molecule has 0 fully saturated rings. The molecule has 2 aromatic heterocycles. The molecule has 250 valence electrons. The normalized spacial score (nSPS) is 13.2. The Morgan fingerprint density at radius 1 is 0.415 bits per heavy atom. The Morgan fingerprint density at radius 3 is 1.83 bits per heavy atom. The van der Waals surface area contributed by atoms with E-state index in [0.717, 1.165) is 60.9 Å². The lowest BCUT2D eigenvalue weighted by Gasteiger charge is -2.28. The fourth-order valence-electron chi connectivity index (χ4n) is 8.78. The molecule has 1 aliphatic rings. The Bertz CT molecular complexity index is 2980. The number of hydrogen-bond acceptors (Lipinski definition) is 3. The van der Waals surface area contributed by atoms with Gasteiger partial charge in [0.2, 0.25) is 0 Å². The maximum atomic E-state index is 6.67. The van der Waals surface area contributed by atoms with Crippen molar-refractivity contribution >= 4 is 60.9 Å². The van der Waals surface area contributed by atoms with Crippen LogP contribution in [0.4, 0.5) is 17.1 Å². The van der Waals surface area contributed by atoms with Crippen LogP contribution < -0.4 is 4.90 Å². The van der Waals surface area contributed by atoms with E-state index in [1.807, 2.05) is 12.1 Å². The number of para-hydroxylation sites is 1. The molecule has 0 N–H and O–H groups in total. The van der Waals surface area contributed by atoms with Crippen LogP contribution in [0.25, 0.3) is 66.1 Å². The molecule has 0 amide bonds. The highest BCUT2D eigenvalue weighted by molar-refractivity contribution is 6.14. The molecular formula is C50H33NO2. The van der Waals surface area contributed by atoms with E-state index in [1.54, 1.807) is 0 Å². The molecule has 0 radical (unpaired) electrons. The number of furan rings is 2. The van der Waals surface area contributed by atoms with E-state index in [0.29, 0.717) is 0 Å². The van der Waals surface area contributed by atoms with Crippen LogP contribution in [0.3, 0.4) is 0 Å². The van der Waals surface area contributed by atoms with Crippen molar-refractivity contribution in [3.8, 4) is 22.3 Å². The van der Waals surface area contributed by atoms with Crippen LogP contribution in [0, 0.1) is 0 Å². The van der Waals surface area contributed by atoms with Crippen LogP contribution in [0.1, 0.15) is 23.6 Å². The smallest absolute Gasteiger partial charge is 0.137 e. The summed E-state index contributed by atoms with van der Waals surface area (Å²) in [6, 6.07) is 65.0. The molecule has 0 unspecified atom stereocenters. The SMILES string of the molecule is CC1(c2ccc3c(c2)oc2ccc(N(c4ccc(-c5ccccc5)cc4)c4cccc5oc6ccccc6c45)cc23)c2ccccc2-c2ccccc21. The number of benzene rings is 8. The molecule has 0 bridgehead atoms. The summed E-state index contributed by atoms with van der Waals surface area (Å²) in [5, 5.41) is 4.36. The molecule has 3 nitrogen and oxygen atoms in total. The van der Waals surface area contributed by atoms with Gasteiger partial charge in [0.05, 0.1) is 11.1 Å². The molecule has 53 heavy (non-hydrogen) atoms. The highest BCUT2D eigenvalue weighted by atomic mass is 16.3. The van der Waals surface area contributed by atoms with Gasteiger partial charge < -0.3 is 13.7 Å². The Labute approximate surface area is 307 Å². The zero-order valence-electron chi connectivity index (χ0n) is 29.1. The highest BCUT2D eigenvalue weighted by Crippen LogP contribution is 2.53. The fourth-order valence-corrected chi connectivity index (χ4v) is 8.78. The van der Waals surface area contributed by atoms with Crippen LogP contribution in [0.15, 0.2) is 191 Å². The standard InChI is InChI=1S/C50H33NO2/c1-50(42-17-8-5-14-37(42)38-15-6-9-18-43(38)50)34-24-28-39-41-31-36(27-29-46(41)53-48(39)30-34)51(35-25-22-33(23-26-35)32-12-3-2-4-13-32)44-19-11-21-47-49(44)40-16-7-10-20-45(40)52-47/h2-31H,1H3. The summed E-state index contributed by atoms with van der Waals surface area (Å²) >= 11 is 0.